The second-order valence-corrected chi connectivity index (χ2v) is 9.60. The van der Waals surface area contributed by atoms with Crippen molar-refractivity contribution in [2.45, 2.75) is 68.2 Å². The van der Waals surface area contributed by atoms with E-state index >= 15 is 0 Å². The van der Waals surface area contributed by atoms with Crippen LogP contribution < -0.4 is 16.0 Å². The molecule has 0 aliphatic carbocycles. The zero-order chi connectivity index (χ0) is 22.6. The molecule has 0 aliphatic rings. The van der Waals surface area contributed by atoms with Crippen molar-refractivity contribution in [1.82, 2.24) is 10.6 Å². The third-order valence-electron chi connectivity index (χ3n) is 4.23. The van der Waals surface area contributed by atoms with Gasteiger partial charge in [-0.1, -0.05) is 86.3 Å². The molecule has 1 aromatic carbocycles. The average molecular weight is 498 g/mol. The zero-order valence-electron chi connectivity index (χ0n) is 16.8. The van der Waals surface area contributed by atoms with Gasteiger partial charge >= 0.3 is 0 Å². The van der Waals surface area contributed by atoms with Crippen LogP contribution >= 0.6 is 47.0 Å². The highest BCUT2D eigenvalue weighted by atomic mass is 35.6. The highest BCUT2D eigenvalue weighted by molar-refractivity contribution is 7.80. The van der Waals surface area contributed by atoms with Crippen molar-refractivity contribution in [2.24, 2.45) is 0 Å². The van der Waals surface area contributed by atoms with E-state index in [-0.39, 0.29) is 16.7 Å². The smallest absolute Gasteiger partial charge is 0.271 e. The fourth-order valence-corrected chi connectivity index (χ4v) is 3.23. The highest BCUT2D eigenvalue weighted by Gasteiger charge is 2.34. The Morgan fingerprint density at radius 3 is 2.37 bits per heavy atom. The number of thiocarbonyl (C=S) groups is 1. The first-order valence-corrected chi connectivity index (χ1v) is 11.4. The molecule has 168 valence electrons. The van der Waals surface area contributed by atoms with E-state index in [0.717, 1.165) is 19.3 Å². The first-order chi connectivity index (χ1) is 14.1. The maximum absolute atomic E-state index is 12.2. The van der Waals surface area contributed by atoms with Gasteiger partial charge in [0.1, 0.15) is 6.17 Å². The normalized spacial score (nSPS) is 12.1. The van der Waals surface area contributed by atoms with E-state index in [9.17, 15) is 14.9 Å². The summed E-state index contributed by atoms with van der Waals surface area (Å²) in [5, 5.41) is 19.1. The number of rotatable bonds is 12. The van der Waals surface area contributed by atoms with Crippen LogP contribution in [0.2, 0.25) is 0 Å². The van der Waals surface area contributed by atoms with Gasteiger partial charge in [-0.3, -0.25) is 14.9 Å². The number of nitro groups is 1. The SMILES string of the molecule is CCCCCCCCCC(=O)NC(NC(=S)Nc1cccc([N+](=O)[O-])c1)C(Cl)(Cl)Cl. The van der Waals surface area contributed by atoms with Crippen LogP contribution in [0.25, 0.3) is 0 Å². The van der Waals surface area contributed by atoms with E-state index in [1.807, 2.05) is 0 Å². The second-order valence-electron chi connectivity index (χ2n) is 6.82. The predicted octanol–water partition coefficient (Wildman–Crippen LogP) is 5.83. The van der Waals surface area contributed by atoms with Crippen LogP contribution in [0.5, 0.6) is 0 Å². The Morgan fingerprint density at radius 2 is 1.77 bits per heavy atom. The van der Waals surface area contributed by atoms with Gasteiger partial charge in [0.05, 0.1) is 4.92 Å². The molecule has 0 saturated carbocycles. The quantitative estimate of drug-likeness (QED) is 0.0839. The van der Waals surface area contributed by atoms with Gasteiger partial charge < -0.3 is 16.0 Å². The number of unbranched alkanes of at least 4 members (excludes halogenated alkanes) is 6. The molecule has 3 N–H and O–H groups in total. The third kappa shape index (κ3) is 11.2. The third-order valence-corrected chi connectivity index (χ3v) is 5.10. The number of non-ortho nitro benzene ring substituents is 1. The topological polar surface area (TPSA) is 96.3 Å². The highest BCUT2D eigenvalue weighted by Crippen LogP contribution is 2.29. The summed E-state index contributed by atoms with van der Waals surface area (Å²) in [6.07, 6.45) is 6.89. The molecule has 1 aromatic rings. The number of anilines is 1. The monoisotopic (exact) mass is 496 g/mol. The van der Waals surface area contributed by atoms with Crippen LogP contribution in [0.15, 0.2) is 24.3 Å². The number of carbonyl (C=O) groups is 1. The zero-order valence-corrected chi connectivity index (χ0v) is 19.8. The van der Waals surface area contributed by atoms with Gasteiger partial charge in [0, 0.05) is 24.2 Å². The maximum Gasteiger partial charge on any atom is 0.271 e. The Morgan fingerprint density at radius 1 is 1.13 bits per heavy atom. The largest absolute Gasteiger partial charge is 0.339 e. The molecule has 0 heterocycles. The van der Waals surface area contributed by atoms with E-state index in [1.54, 1.807) is 6.07 Å². The molecular weight excluding hydrogens is 471 g/mol. The summed E-state index contributed by atoms with van der Waals surface area (Å²) in [5.74, 6) is -0.259. The van der Waals surface area contributed by atoms with Gasteiger partial charge in [-0.15, -0.1) is 0 Å². The lowest BCUT2D eigenvalue weighted by Gasteiger charge is -2.27. The standard InChI is InChI=1S/C19H27Cl3N4O3S/c1-2-3-4-5-6-7-8-12-16(27)24-17(19(20,21)22)25-18(30)23-14-10-9-11-15(13-14)26(28)29/h9-11,13,17H,2-8,12H2,1H3,(H,24,27)(H2,23,25,30). The molecule has 1 amide bonds. The maximum atomic E-state index is 12.2. The van der Waals surface area contributed by atoms with Crippen molar-refractivity contribution in [3.63, 3.8) is 0 Å². The number of carbonyl (C=O) groups excluding carboxylic acids is 1. The molecular formula is C19H27Cl3N4O3S. The van der Waals surface area contributed by atoms with Crippen LogP contribution in [-0.2, 0) is 4.79 Å². The van der Waals surface area contributed by atoms with Crippen LogP contribution in [0, 0.1) is 10.1 Å². The van der Waals surface area contributed by atoms with Crippen molar-refractivity contribution in [1.29, 1.82) is 0 Å². The van der Waals surface area contributed by atoms with Crippen LogP contribution in [0.3, 0.4) is 0 Å². The molecule has 11 heteroatoms. The summed E-state index contributed by atoms with van der Waals surface area (Å²) >= 11 is 23.1. The summed E-state index contributed by atoms with van der Waals surface area (Å²) < 4.78 is -1.86. The molecule has 0 bridgehead atoms. The Bertz CT molecular complexity index is 717. The first kappa shape index (κ1) is 26.7. The molecule has 1 rings (SSSR count). The number of benzene rings is 1. The van der Waals surface area contributed by atoms with Crippen molar-refractivity contribution in [3.05, 3.63) is 34.4 Å². The minimum Gasteiger partial charge on any atom is -0.339 e. The lowest BCUT2D eigenvalue weighted by molar-refractivity contribution is -0.384. The fraction of sp³-hybridized carbons (Fsp3) is 0.579. The van der Waals surface area contributed by atoms with Crippen molar-refractivity contribution in [3.8, 4) is 0 Å². The molecule has 0 saturated heterocycles. The number of hydrogen-bond acceptors (Lipinski definition) is 4. The molecule has 0 aliphatic heterocycles. The molecule has 7 nitrogen and oxygen atoms in total. The summed E-state index contributed by atoms with van der Waals surface area (Å²) in [6.45, 7) is 2.17. The van der Waals surface area contributed by atoms with Crippen LogP contribution in [0.4, 0.5) is 11.4 Å². The van der Waals surface area contributed by atoms with Crippen molar-refractivity contribution < 1.29 is 9.72 Å². The molecule has 0 radical (unpaired) electrons. The lowest BCUT2D eigenvalue weighted by atomic mass is 10.1. The van der Waals surface area contributed by atoms with Gasteiger partial charge in [-0.05, 0) is 24.7 Å². The molecule has 0 fully saturated rings. The minimum atomic E-state index is -1.86. The summed E-state index contributed by atoms with van der Waals surface area (Å²) in [4.78, 5) is 22.6. The van der Waals surface area contributed by atoms with E-state index < -0.39 is 14.9 Å². The van der Waals surface area contributed by atoms with Crippen LogP contribution in [0.1, 0.15) is 58.3 Å². The summed E-state index contributed by atoms with van der Waals surface area (Å²) in [6, 6.07) is 5.79. The van der Waals surface area contributed by atoms with Crippen molar-refractivity contribution in [2.75, 3.05) is 5.32 Å². The van der Waals surface area contributed by atoms with Crippen LogP contribution in [-0.4, -0.2) is 25.9 Å². The van der Waals surface area contributed by atoms with Gasteiger partial charge in [-0.2, -0.15) is 0 Å². The number of alkyl halides is 3. The molecule has 0 spiro atoms. The van der Waals surface area contributed by atoms with E-state index in [4.69, 9.17) is 47.0 Å². The fourth-order valence-electron chi connectivity index (χ4n) is 2.67. The molecule has 30 heavy (non-hydrogen) atoms. The van der Waals surface area contributed by atoms with Gasteiger partial charge in [0.2, 0.25) is 9.70 Å². The lowest BCUT2D eigenvalue weighted by Crippen LogP contribution is -2.56. The predicted molar refractivity (Wildman–Crippen MR) is 127 cm³/mol. The number of nitrogens with zero attached hydrogens (tertiary/aromatic N) is 1. The Kier molecular flexibility index (Phi) is 12.3. The van der Waals surface area contributed by atoms with E-state index in [0.29, 0.717) is 12.1 Å². The summed E-state index contributed by atoms with van der Waals surface area (Å²) in [7, 11) is 0. The van der Waals surface area contributed by atoms with E-state index in [2.05, 4.69) is 22.9 Å². The minimum absolute atomic E-state index is 0.0445. The van der Waals surface area contributed by atoms with Gasteiger partial charge in [-0.25, -0.2) is 0 Å². The number of halogens is 3. The van der Waals surface area contributed by atoms with Gasteiger partial charge in [0.15, 0.2) is 5.11 Å². The molecule has 0 aromatic heterocycles. The van der Waals surface area contributed by atoms with E-state index in [1.165, 1.54) is 43.9 Å². The second kappa shape index (κ2) is 13.9. The Labute approximate surface area is 197 Å². The number of amides is 1. The number of nitro benzene ring substituents is 1. The first-order valence-electron chi connectivity index (χ1n) is 9.81. The Hall–Kier alpha value is -1.35. The molecule has 1 unspecified atom stereocenters. The summed E-state index contributed by atoms with van der Waals surface area (Å²) in [5.41, 5.74) is 0.294. The number of hydrogen-bond donors (Lipinski definition) is 3. The average Bonchev–Trinajstić information content (AvgIpc) is 2.66. The Balaban J connectivity index is 2.51. The number of nitrogens with one attached hydrogen (secondary N) is 3. The van der Waals surface area contributed by atoms with Gasteiger partial charge in [0.25, 0.3) is 5.69 Å². The van der Waals surface area contributed by atoms with Crippen molar-refractivity contribution >= 4 is 69.4 Å². The molecule has 1 atom stereocenters.